The van der Waals surface area contributed by atoms with E-state index in [1.54, 1.807) is 0 Å². The van der Waals surface area contributed by atoms with Crippen molar-refractivity contribution in [3.63, 3.8) is 0 Å². The first-order chi connectivity index (χ1) is 15.2. The molecule has 31 heavy (non-hydrogen) atoms. The van der Waals surface area contributed by atoms with Gasteiger partial charge >= 0.3 is 0 Å². The van der Waals surface area contributed by atoms with Crippen molar-refractivity contribution in [2.45, 2.75) is 39.0 Å². The molecule has 1 atom stereocenters. The Balaban J connectivity index is 1.40. The number of aryl methyl sites for hydroxylation is 1. The van der Waals surface area contributed by atoms with Crippen molar-refractivity contribution in [3.8, 4) is 0 Å². The Morgan fingerprint density at radius 3 is 1.97 bits per heavy atom. The molecule has 1 aliphatic rings. The summed E-state index contributed by atoms with van der Waals surface area (Å²) < 4.78 is 6.66. The molecule has 1 aliphatic heterocycles. The molecule has 0 bridgehead atoms. The average molecular weight is 415 g/mol. The Kier molecular flexibility index (Phi) is 7.39. The van der Waals surface area contributed by atoms with E-state index >= 15 is 0 Å². The molecule has 0 N–H and O–H groups in total. The summed E-state index contributed by atoms with van der Waals surface area (Å²) in [4.78, 5) is 4.97. The van der Waals surface area contributed by atoms with E-state index in [9.17, 15) is 0 Å². The summed E-state index contributed by atoms with van der Waals surface area (Å²) in [6, 6.07) is 30.2. The topological polar surface area (TPSA) is 15.7 Å². The van der Waals surface area contributed by atoms with Gasteiger partial charge in [0.2, 0.25) is 0 Å². The van der Waals surface area contributed by atoms with Gasteiger partial charge in [0.05, 0.1) is 0 Å². The lowest BCUT2D eigenvalue weighted by Gasteiger charge is -2.40. The summed E-state index contributed by atoms with van der Waals surface area (Å²) >= 11 is 0. The second-order valence-electron chi connectivity index (χ2n) is 8.38. The van der Waals surface area contributed by atoms with Gasteiger partial charge in [0.1, 0.15) is 12.3 Å². The van der Waals surface area contributed by atoms with Crippen LogP contribution in [0.2, 0.25) is 0 Å². The predicted octanol–water partition coefficient (Wildman–Crippen LogP) is 5.91. The molecule has 4 rings (SSSR count). The number of benzene rings is 3. The Morgan fingerprint density at radius 1 is 0.774 bits per heavy atom. The fraction of sp³-hybridized carbons (Fsp3) is 0.357. The van der Waals surface area contributed by atoms with Crippen LogP contribution in [-0.4, -0.2) is 37.3 Å². The van der Waals surface area contributed by atoms with Crippen LogP contribution in [-0.2, 0) is 11.2 Å². The van der Waals surface area contributed by atoms with Gasteiger partial charge in [-0.25, -0.2) is 0 Å². The fourth-order valence-corrected chi connectivity index (χ4v) is 4.43. The van der Waals surface area contributed by atoms with Crippen LogP contribution in [0.3, 0.4) is 0 Å². The van der Waals surface area contributed by atoms with Crippen LogP contribution in [0.5, 0.6) is 0 Å². The van der Waals surface area contributed by atoms with E-state index in [0.29, 0.717) is 0 Å². The summed E-state index contributed by atoms with van der Waals surface area (Å²) in [7, 11) is 0. The van der Waals surface area contributed by atoms with Crippen LogP contribution < -0.4 is 4.90 Å². The van der Waals surface area contributed by atoms with Gasteiger partial charge in [-0.15, -0.1) is 0 Å². The average Bonchev–Trinajstić information content (AvgIpc) is 2.84. The van der Waals surface area contributed by atoms with E-state index in [-0.39, 0.29) is 12.3 Å². The maximum Gasteiger partial charge on any atom is 0.110 e. The van der Waals surface area contributed by atoms with Crippen LogP contribution in [0, 0.1) is 0 Å². The zero-order chi connectivity index (χ0) is 21.5. The summed E-state index contributed by atoms with van der Waals surface area (Å²) in [5.74, 6) is 0. The van der Waals surface area contributed by atoms with E-state index < -0.39 is 0 Å². The highest BCUT2D eigenvalue weighted by Crippen LogP contribution is 2.28. The van der Waals surface area contributed by atoms with Crippen molar-refractivity contribution >= 4 is 5.69 Å². The van der Waals surface area contributed by atoms with Crippen LogP contribution in [0.15, 0.2) is 84.9 Å². The molecule has 0 aliphatic carbocycles. The molecule has 1 saturated heterocycles. The Hall–Kier alpha value is -2.62. The van der Waals surface area contributed by atoms with Crippen LogP contribution in [0.25, 0.3) is 0 Å². The van der Waals surface area contributed by atoms with E-state index in [0.717, 1.165) is 32.6 Å². The van der Waals surface area contributed by atoms with Crippen LogP contribution in [0.4, 0.5) is 5.69 Å². The SMILES string of the molecule is CCCc1cccc(N2CCN(C(C)OC(c3ccccc3)c3ccccc3)CC2)c1. The highest BCUT2D eigenvalue weighted by atomic mass is 16.5. The number of hydrogen-bond donors (Lipinski definition) is 0. The van der Waals surface area contributed by atoms with E-state index in [1.807, 2.05) is 0 Å². The van der Waals surface area contributed by atoms with Gasteiger partial charge in [0.25, 0.3) is 0 Å². The number of ether oxygens (including phenoxy) is 1. The molecule has 1 fully saturated rings. The van der Waals surface area contributed by atoms with Crippen molar-refractivity contribution < 1.29 is 4.74 Å². The van der Waals surface area contributed by atoms with Crippen molar-refractivity contribution in [3.05, 3.63) is 102 Å². The summed E-state index contributed by atoms with van der Waals surface area (Å²) in [5.41, 5.74) is 5.19. The van der Waals surface area contributed by atoms with Crippen molar-refractivity contribution in [1.29, 1.82) is 0 Å². The van der Waals surface area contributed by atoms with Gasteiger partial charge < -0.3 is 9.64 Å². The lowest BCUT2D eigenvalue weighted by Crippen LogP contribution is -2.50. The van der Waals surface area contributed by atoms with Gasteiger partial charge in [-0.2, -0.15) is 0 Å². The third kappa shape index (κ3) is 5.55. The maximum atomic E-state index is 6.66. The normalized spacial score (nSPS) is 15.9. The summed E-state index contributed by atoms with van der Waals surface area (Å²) in [6.07, 6.45) is 2.34. The van der Waals surface area contributed by atoms with E-state index in [1.165, 1.54) is 28.8 Å². The lowest BCUT2D eigenvalue weighted by molar-refractivity contribution is -0.0786. The minimum absolute atomic E-state index is 0.0545. The van der Waals surface area contributed by atoms with Crippen molar-refractivity contribution in [1.82, 2.24) is 4.90 Å². The zero-order valence-corrected chi connectivity index (χ0v) is 18.8. The molecule has 0 spiro atoms. The minimum atomic E-state index is -0.0545. The van der Waals surface area contributed by atoms with Crippen molar-refractivity contribution in [2.75, 3.05) is 31.1 Å². The molecule has 3 nitrogen and oxygen atoms in total. The quantitative estimate of drug-likeness (QED) is 0.455. The van der Waals surface area contributed by atoms with E-state index in [4.69, 9.17) is 4.74 Å². The smallest absolute Gasteiger partial charge is 0.110 e. The third-order valence-corrected chi connectivity index (χ3v) is 6.18. The van der Waals surface area contributed by atoms with Gasteiger partial charge in [0, 0.05) is 31.9 Å². The number of rotatable bonds is 8. The predicted molar refractivity (Wildman–Crippen MR) is 129 cm³/mol. The number of anilines is 1. The largest absolute Gasteiger partial charge is 0.369 e. The summed E-state index contributed by atoms with van der Waals surface area (Å²) in [5, 5.41) is 0. The lowest BCUT2D eigenvalue weighted by atomic mass is 10.0. The van der Waals surface area contributed by atoms with Crippen LogP contribution >= 0.6 is 0 Å². The minimum Gasteiger partial charge on any atom is -0.369 e. The first-order valence-electron chi connectivity index (χ1n) is 11.6. The Labute approximate surface area is 187 Å². The molecular formula is C28H34N2O. The Morgan fingerprint density at radius 2 is 1.39 bits per heavy atom. The molecule has 0 saturated carbocycles. The number of piperazine rings is 1. The van der Waals surface area contributed by atoms with Gasteiger partial charge in [-0.3, -0.25) is 4.90 Å². The molecule has 1 unspecified atom stereocenters. The molecule has 3 aromatic carbocycles. The van der Waals surface area contributed by atoms with Gasteiger partial charge in [0.15, 0.2) is 0 Å². The second kappa shape index (κ2) is 10.6. The standard InChI is InChI=1S/C28H34N2O/c1-3-11-24-12-10-17-27(22-24)30-20-18-29(19-21-30)23(2)31-28(25-13-6-4-7-14-25)26-15-8-5-9-16-26/h4-10,12-17,22-23,28H,3,11,18-21H2,1-2H3. The fourth-order valence-electron chi connectivity index (χ4n) is 4.43. The highest BCUT2D eigenvalue weighted by Gasteiger charge is 2.25. The molecule has 3 aromatic rings. The van der Waals surface area contributed by atoms with Gasteiger partial charge in [-0.05, 0) is 42.2 Å². The molecule has 0 radical (unpaired) electrons. The first-order valence-corrected chi connectivity index (χ1v) is 11.6. The molecule has 0 aromatic heterocycles. The van der Waals surface area contributed by atoms with Gasteiger partial charge in [-0.1, -0.05) is 86.1 Å². The van der Waals surface area contributed by atoms with E-state index in [2.05, 4.69) is 109 Å². The summed E-state index contributed by atoms with van der Waals surface area (Å²) in [6.45, 7) is 8.52. The monoisotopic (exact) mass is 414 g/mol. The molecule has 3 heteroatoms. The number of nitrogens with zero attached hydrogens (tertiary/aromatic N) is 2. The number of hydrogen-bond acceptors (Lipinski definition) is 3. The molecule has 1 heterocycles. The highest BCUT2D eigenvalue weighted by molar-refractivity contribution is 5.49. The maximum absolute atomic E-state index is 6.66. The zero-order valence-electron chi connectivity index (χ0n) is 18.8. The van der Waals surface area contributed by atoms with Crippen LogP contribution in [0.1, 0.15) is 43.1 Å². The Bertz CT molecular complexity index is 881. The molecular weight excluding hydrogens is 380 g/mol. The first kappa shape index (κ1) is 21.6. The second-order valence-corrected chi connectivity index (χ2v) is 8.38. The third-order valence-electron chi connectivity index (χ3n) is 6.18. The van der Waals surface area contributed by atoms with Crippen molar-refractivity contribution in [2.24, 2.45) is 0 Å². The molecule has 0 amide bonds. The molecule has 162 valence electrons.